The van der Waals surface area contributed by atoms with Crippen molar-refractivity contribution in [2.75, 3.05) is 45.2 Å². The van der Waals surface area contributed by atoms with Crippen molar-refractivity contribution in [2.24, 2.45) is 7.05 Å². The fourth-order valence-corrected chi connectivity index (χ4v) is 19.1. The fraction of sp³-hybridized carbons (Fsp3) is 0.255. The van der Waals surface area contributed by atoms with Gasteiger partial charge in [0.25, 0.3) is 33.7 Å². The molecular formula is C98H100BrCl5N10O16S4. The first-order valence-electron chi connectivity index (χ1n) is 42.3. The molecule has 5 heterocycles. The second-order valence-electron chi connectivity index (χ2n) is 32.7. The second kappa shape index (κ2) is 43.5. The number of aryl methyl sites for hydroxylation is 14. The molecule has 704 valence electrons. The minimum absolute atomic E-state index is 0.00736. The summed E-state index contributed by atoms with van der Waals surface area (Å²) in [6.45, 7) is 19.0. The van der Waals surface area contributed by atoms with Gasteiger partial charge < -0.3 is 38.9 Å². The molecule has 10 aromatic carbocycles. The maximum absolute atomic E-state index is 13.5. The van der Waals surface area contributed by atoms with Gasteiger partial charge in [0.05, 0.1) is 77.9 Å². The standard InChI is InChI=1S/C30H28Cl2N4O4S.C24H24N2O4S.C22H24BrClN2O4S.C22H24Cl2N2O4S/c1-18-14-21(15-19(2)27(18)32)40-13-7-10-23-24-11-12-25(31)26(20-16-33-36(3)17-20)28(24)34-29(23)30(37)35-41(38,39)22-8-5-4-6-9-22;1-16-12-13-19-20(23(25-21(19)15-16)24(27)26-31(2,28)29)10-6-14-30-22-11-5-8-17-7-3-4-9-18(17)22;2*1-12-10-15(11-13(2)19(12)24)30-9-5-6-16-17-7-8-18(23)14(3)20(17)25-21(16)22(27)26-31(4,28)29/h4-6,8-9,11-12,14-17,34H,7,10,13H2,1-3H3,(H,35,37);3-5,7-9,11-13,15,25H,6,10,14H2,1-2H3,(H,26,27);2*7-8,10-11,25H,5-6,9H2,1-4H3,(H,26,27). The number of aromatic nitrogens is 6. The first-order valence-corrected chi connectivity index (χ1v) is 52.2. The van der Waals surface area contributed by atoms with Gasteiger partial charge in [-0.25, -0.2) is 52.6 Å². The van der Waals surface area contributed by atoms with Crippen LogP contribution in [0.2, 0.25) is 25.1 Å². The zero-order valence-electron chi connectivity index (χ0n) is 75.6. The van der Waals surface area contributed by atoms with Gasteiger partial charge in [-0.05, 0) is 270 Å². The van der Waals surface area contributed by atoms with Crippen molar-refractivity contribution >= 4 is 192 Å². The third-order valence-corrected chi connectivity index (χ3v) is 28.4. The molecule has 4 amide bonds. The number of carbonyl (C=O) groups is 4. The summed E-state index contributed by atoms with van der Waals surface area (Å²) in [5.74, 6) is 0.218. The largest absolute Gasteiger partial charge is 0.494 e. The van der Waals surface area contributed by atoms with Gasteiger partial charge in [0, 0.05) is 81.4 Å². The molecule has 0 unspecified atom stereocenters. The third-order valence-electron chi connectivity index (χ3n) is 22.0. The topological polar surface area (TPSA) is 371 Å². The number of nitrogens with zero attached hydrogens (tertiary/aromatic N) is 2. The quantitative estimate of drug-likeness (QED) is 0.0194. The van der Waals surface area contributed by atoms with Gasteiger partial charge in [-0.15, -0.1) is 0 Å². The molecule has 0 bridgehead atoms. The summed E-state index contributed by atoms with van der Waals surface area (Å²) in [6.07, 6.45) is 10.9. The van der Waals surface area contributed by atoms with Crippen molar-refractivity contribution in [3.8, 4) is 34.1 Å². The van der Waals surface area contributed by atoms with E-state index in [1.807, 2.05) is 195 Å². The second-order valence-corrected chi connectivity index (χ2v) is 42.4. The molecular weight excluding hydrogens is 1960 g/mol. The lowest BCUT2D eigenvalue weighted by Gasteiger charge is -2.11. The lowest BCUT2D eigenvalue weighted by atomic mass is 10.0. The number of halogens is 6. The number of rotatable bonds is 30. The number of H-pyrrole nitrogens is 4. The van der Waals surface area contributed by atoms with Crippen LogP contribution in [0.4, 0.5) is 0 Å². The van der Waals surface area contributed by atoms with E-state index in [1.165, 1.54) is 12.1 Å². The van der Waals surface area contributed by atoms with Crippen LogP contribution in [-0.2, 0) is 72.8 Å². The predicted molar refractivity (Wildman–Crippen MR) is 537 cm³/mol. The minimum atomic E-state index is -4.10. The van der Waals surface area contributed by atoms with E-state index in [1.54, 1.807) is 48.3 Å². The molecule has 0 fully saturated rings. The van der Waals surface area contributed by atoms with Gasteiger partial charge in [0.1, 0.15) is 45.8 Å². The number of aromatic amines is 4. The number of sulfonamides is 4. The van der Waals surface area contributed by atoms with Gasteiger partial charge in [0.15, 0.2) is 0 Å². The van der Waals surface area contributed by atoms with Gasteiger partial charge in [-0.1, -0.05) is 159 Å². The zero-order chi connectivity index (χ0) is 97.2. The normalized spacial score (nSPS) is 11.7. The summed E-state index contributed by atoms with van der Waals surface area (Å²) < 4.78 is 130. The molecule has 0 saturated carbocycles. The van der Waals surface area contributed by atoms with E-state index < -0.39 is 63.7 Å². The summed E-state index contributed by atoms with van der Waals surface area (Å²) in [7, 11) is -13.3. The molecule has 15 aromatic rings. The van der Waals surface area contributed by atoms with Crippen LogP contribution in [0.15, 0.2) is 186 Å². The number of hydrogen-bond acceptors (Lipinski definition) is 17. The Morgan fingerprint density at radius 2 is 0.784 bits per heavy atom. The maximum atomic E-state index is 13.5. The Labute approximate surface area is 811 Å². The van der Waals surface area contributed by atoms with Crippen molar-refractivity contribution in [1.29, 1.82) is 0 Å². The maximum Gasteiger partial charge on any atom is 0.281 e. The minimum Gasteiger partial charge on any atom is -0.494 e. The van der Waals surface area contributed by atoms with E-state index in [2.05, 4.69) is 55.1 Å². The molecule has 5 aromatic heterocycles. The summed E-state index contributed by atoms with van der Waals surface area (Å²) in [5, 5.41) is 13.0. The Balaban J connectivity index is 0.000000162. The Bertz CT molecular complexity index is 7260. The summed E-state index contributed by atoms with van der Waals surface area (Å²) >= 11 is 35.0. The SMILES string of the molecule is Cc1cc(OCCCc2c(C(=O)NS(=O)(=O)c3ccccc3)[nH]c3c(-c4cnn(C)c4)c(Cl)ccc23)cc(C)c1Cl.Cc1cc(OCCCc2c(C(=O)NS(C)(=O)=O)[nH]c3c(C)c(Br)ccc23)cc(C)c1Cl.Cc1cc(OCCCc2c(C(=O)NS(C)(=O)=O)[nH]c3c(C)c(Cl)ccc23)cc(C)c1Cl.Cc1ccc2c(CCCOc3cccc4ccccc34)c(C(=O)NS(C)(=O)=O)[nH]c2c1. The lowest BCUT2D eigenvalue weighted by Crippen LogP contribution is -2.31. The molecule has 26 nitrogen and oxygen atoms in total. The average molecular weight is 2060 g/mol. The van der Waals surface area contributed by atoms with Gasteiger partial charge in [0.2, 0.25) is 30.1 Å². The first-order chi connectivity index (χ1) is 63.3. The number of ether oxygens (including phenoxy) is 4. The van der Waals surface area contributed by atoms with Crippen LogP contribution < -0.4 is 37.8 Å². The monoisotopic (exact) mass is 2050 g/mol. The van der Waals surface area contributed by atoms with Crippen molar-refractivity contribution in [2.45, 2.75) is 119 Å². The number of hydrogen-bond donors (Lipinski definition) is 8. The highest BCUT2D eigenvalue weighted by Crippen LogP contribution is 2.40. The number of carbonyl (C=O) groups excluding carboxylic acids is 4. The van der Waals surface area contributed by atoms with Crippen LogP contribution in [0.5, 0.6) is 23.0 Å². The smallest absolute Gasteiger partial charge is 0.281 e. The van der Waals surface area contributed by atoms with Crippen molar-refractivity contribution < 1.29 is 71.8 Å². The van der Waals surface area contributed by atoms with Crippen LogP contribution in [0, 0.1) is 62.3 Å². The van der Waals surface area contributed by atoms with Crippen LogP contribution in [-0.4, -0.2) is 132 Å². The molecule has 0 aliphatic carbocycles. The van der Waals surface area contributed by atoms with Crippen LogP contribution in [0.1, 0.15) is 140 Å². The van der Waals surface area contributed by atoms with E-state index in [-0.39, 0.29) is 27.7 Å². The van der Waals surface area contributed by atoms with Crippen molar-refractivity contribution in [3.05, 3.63) is 301 Å². The molecule has 0 radical (unpaired) electrons. The average Bonchev–Trinajstić information content (AvgIpc) is 1.56. The van der Waals surface area contributed by atoms with Crippen LogP contribution >= 0.6 is 73.9 Å². The van der Waals surface area contributed by atoms with E-state index in [0.717, 1.165) is 166 Å². The summed E-state index contributed by atoms with van der Waals surface area (Å²) in [6, 6.07) is 50.0. The Hall–Kier alpha value is -11.4. The van der Waals surface area contributed by atoms with Crippen molar-refractivity contribution in [3.63, 3.8) is 0 Å². The zero-order valence-corrected chi connectivity index (χ0v) is 84.2. The Morgan fingerprint density at radius 1 is 0.403 bits per heavy atom. The molecule has 0 aliphatic heterocycles. The number of amides is 4. The summed E-state index contributed by atoms with van der Waals surface area (Å²) in [4.78, 5) is 63.8. The lowest BCUT2D eigenvalue weighted by molar-refractivity contribution is 0.0967. The number of benzene rings is 10. The van der Waals surface area contributed by atoms with Crippen LogP contribution in [0.3, 0.4) is 0 Å². The van der Waals surface area contributed by atoms with Crippen molar-refractivity contribution in [1.82, 2.24) is 48.6 Å². The van der Waals surface area contributed by atoms with Gasteiger partial charge in [-0.2, -0.15) is 5.10 Å². The van der Waals surface area contributed by atoms with E-state index in [9.17, 15) is 52.8 Å². The van der Waals surface area contributed by atoms with Crippen LogP contribution in [0.25, 0.3) is 65.5 Å². The third kappa shape index (κ3) is 25.4. The van der Waals surface area contributed by atoms with E-state index in [0.29, 0.717) is 121 Å². The highest BCUT2D eigenvalue weighted by Gasteiger charge is 2.29. The molecule has 134 heavy (non-hydrogen) atoms. The first kappa shape index (κ1) is 102. The van der Waals surface area contributed by atoms with E-state index >= 15 is 0 Å². The van der Waals surface area contributed by atoms with Gasteiger partial charge in [-0.3, -0.25) is 23.9 Å². The molecule has 0 atom stereocenters. The molecule has 0 spiro atoms. The molecule has 36 heteroatoms. The fourth-order valence-electron chi connectivity index (χ4n) is 15.7. The highest BCUT2D eigenvalue weighted by molar-refractivity contribution is 9.10. The predicted octanol–water partition coefficient (Wildman–Crippen LogP) is 21.3. The highest BCUT2D eigenvalue weighted by atomic mass is 79.9. The van der Waals surface area contributed by atoms with E-state index in [4.69, 9.17) is 77.0 Å². The summed E-state index contributed by atoms with van der Waals surface area (Å²) in [5.41, 5.74) is 16.6. The molecule has 15 rings (SSSR count). The molecule has 8 N–H and O–H groups in total. The number of fused-ring (bicyclic) bond motifs is 5. The molecule has 0 saturated heterocycles. The van der Waals surface area contributed by atoms with Gasteiger partial charge >= 0.3 is 0 Å². The number of nitrogens with one attached hydrogen (secondary N) is 8. The Kier molecular flexibility index (Phi) is 33.0. The molecule has 0 aliphatic rings. The Morgan fingerprint density at radius 3 is 1.24 bits per heavy atom.